The van der Waals surface area contributed by atoms with Gasteiger partial charge in [0.15, 0.2) is 0 Å². The number of rotatable bonds is 6. The molecule has 1 aliphatic rings. The lowest BCUT2D eigenvalue weighted by Gasteiger charge is -2.29. The van der Waals surface area contributed by atoms with Gasteiger partial charge in [-0.2, -0.15) is 0 Å². The maximum atomic E-state index is 12.3. The van der Waals surface area contributed by atoms with Gasteiger partial charge in [0.05, 0.1) is 5.52 Å². The van der Waals surface area contributed by atoms with Crippen molar-refractivity contribution >= 4 is 22.8 Å². The minimum atomic E-state index is -0.966. The van der Waals surface area contributed by atoms with Crippen molar-refractivity contribution in [3.05, 3.63) is 42.1 Å². The predicted octanol–water partition coefficient (Wildman–Crippen LogP) is 4.12. The Morgan fingerprint density at radius 1 is 1.15 bits per heavy atom. The monoisotopic (exact) mass is 368 g/mol. The van der Waals surface area contributed by atoms with Gasteiger partial charge in [0.2, 0.25) is 5.91 Å². The molecule has 27 heavy (non-hydrogen) atoms. The maximum absolute atomic E-state index is 12.3. The zero-order chi connectivity index (χ0) is 19.4. The second-order valence-electron chi connectivity index (χ2n) is 7.97. The van der Waals surface area contributed by atoms with Crippen molar-refractivity contribution < 1.29 is 14.7 Å². The topological polar surface area (TPSA) is 79.3 Å². The van der Waals surface area contributed by atoms with Crippen LogP contribution in [-0.2, 0) is 9.59 Å². The number of carboxylic acids is 1. The molecule has 0 saturated heterocycles. The zero-order valence-electron chi connectivity index (χ0n) is 16.0. The smallest absolute Gasteiger partial charge is 0.326 e. The fourth-order valence-corrected chi connectivity index (χ4v) is 4.16. The van der Waals surface area contributed by atoms with Crippen molar-refractivity contribution in [2.75, 3.05) is 0 Å². The van der Waals surface area contributed by atoms with Crippen LogP contribution in [0.4, 0.5) is 0 Å². The van der Waals surface area contributed by atoms with Gasteiger partial charge in [-0.1, -0.05) is 32.0 Å². The molecule has 1 amide bonds. The van der Waals surface area contributed by atoms with Crippen molar-refractivity contribution in [1.29, 1.82) is 0 Å². The molecule has 0 aliphatic heterocycles. The van der Waals surface area contributed by atoms with E-state index in [0.29, 0.717) is 18.3 Å². The molecule has 1 saturated carbocycles. The van der Waals surface area contributed by atoms with Crippen LogP contribution in [0.3, 0.4) is 0 Å². The van der Waals surface area contributed by atoms with Crippen molar-refractivity contribution in [2.45, 2.75) is 57.9 Å². The number of nitrogens with one attached hydrogen (secondary N) is 1. The summed E-state index contributed by atoms with van der Waals surface area (Å²) >= 11 is 0. The molecular formula is C22H28N2O3. The molecule has 1 aromatic heterocycles. The van der Waals surface area contributed by atoms with Crippen LogP contribution in [0.1, 0.15) is 57.4 Å². The van der Waals surface area contributed by atoms with Gasteiger partial charge in [-0.15, -0.1) is 0 Å². The first kappa shape index (κ1) is 19.3. The van der Waals surface area contributed by atoms with Crippen molar-refractivity contribution in [2.24, 2.45) is 11.8 Å². The number of hydrogen-bond acceptors (Lipinski definition) is 3. The molecular weight excluding hydrogens is 340 g/mol. The Bertz CT molecular complexity index is 805. The van der Waals surface area contributed by atoms with Gasteiger partial charge in [-0.25, -0.2) is 4.79 Å². The molecule has 1 atom stereocenters. The summed E-state index contributed by atoms with van der Waals surface area (Å²) in [5, 5.41) is 13.1. The lowest BCUT2D eigenvalue weighted by Crippen LogP contribution is -2.44. The molecule has 2 aromatic rings. The molecule has 5 nitrogen and oxygen atoms in total. The highest BCUT2D eigenvalue weighted by atomic mass is 16.4. The summed E-state index contributed by atoms with van der Waals surface area (Å²) in [5.41, 5.74) is 2.39. The highest BCUT2D eigenvalue weighted by Crippen LogP contribution is 2.39. The standard InChI is InChI=1S/C22H28N2O3/c1-14(2)21(22(26)27)24-20(25)13-15-7-9-16(10-8-15)17-11-12-23-19-6-4-3-5-18(17)19/h3-6,11-12,14-16,21H,7-10,13H2,1-2H3,(H,24,25)(H,26,27). The summed E-state index contributed by atoms with van der Waals surface area (Å²) in [4.78, 5) is 28.0. The van der Waals surface area contributed by atoms with Crippen LogP contribution in [0.15, 0.2) is 36.5 Å². The Labute approximate surface area is 160 Å². The lowest BCUT2D eigenvalue weighted by molar-refractivity contribution is -0.143. The van der Waals surface area contributed by atoms with E-state index < -0.39 is 12.0 Å². The summed E-state index contributed by atoms with van der Waals surface area (Å²) < 4.78 is 0. The van der Waals surface area contributed by atoms with Gasteiger partial charge >= 0.3 is 5.97 Å². The number of para-hydroxylation sites is 1. The fourth-order valence-electron chi connectivity index (χ4n) is 4.16. The summed E-state index contributed by atoms with van der Waals surface area (Å²) in [6.07, 6.45) is 6.40. The number of fused-ring (bicyclic) bond motifs is 1. The zero-order valence-corrected chi connectivity index (χ0v) is 16.0. The highest BCUT2D eigenvalue weighted by Gasteiger charge is 2.28. The molecule has 1 aliphatic carbocycles. The van der Waals surface area contributed by atoms with E-state index in [0.717, 1.165) is 31.2 Å². The molecule has 1 heterocycles. The van der Waals surface area contributed by atoms with Crippen LogP contribution < -0.4 is 5.32 Å². The minimum absolute atomic E-state index is 0.123. The number of aromatic nitrogens is 1. The van der Waals surface area contributed by atoms with E-state index in [1.165, 1.54) is 10.9 Å². The first-order chi connectivity index (χ1) is 13.0. The number of benzene rings is 1. The second-order valence-corrected chi connectivity index (χ2v) is 7.97. The molecule has 0 radical (unpaired) electrons. The lowest BCUT2D eigenvalue weighted by atomic mass is 9.77. The summed E-state index contributed by atoms with van der Waals surface area (Å²) in [6, 6.07) is 9.56. The maximum Gasteiger partial charge on any atom is 0.326 e. The van der Waals surface area contributed by atoms with E-state index in [-0.39, 0.29) is 11.8 Å². The molecule has 144 valence electrons. The highest BCUT2D eigenvalue weighted by molar-refractivity contribution is 5.84. The Kier molecular flexibility index (Phi) is 6.09. The van der Waals surface area contributed by atoms with Crippen LogP contribution >= 0.6 is 0 Å². The third kappa shape index (κ3) is 4.65. The SMILES string of the molecule is CC(C)C(NC(=O)CC1CCC(c2ccnc3ccccc23)CC1)C(=O)O. The number of aliphatic carboxylic acids is 1. The van der Waals surface area contributed by atoms with E-state index in [9.17, 15) is 14.7 Å². The number of hydrogen-bond donors (Lipinski definition) is 2. The van der Waals surface area contributed by atoms with Gasteiger partial charge < -0.3 is 10.4 Å². The van der Waals surface area contributed by atoms with Gasteiger partial charge in [0.1, 0.15) is 6.04 Å². The van der Waals surface area contributed by atoms with Crippen LogP contribution in [-0.4, -0.2) is 28.0 Å². The molecule has 1 aromatic carbocycles. The van der Waals surface area contributed by atoms with Crippen molar-refractivity contribution in [1.82, 2.24) is 10.3 Å². The Balaban J connectivity index is 1.57. The van der Waals surface area contributed by atoms with Crippen LogP contribution in [0.5, 0.6) is 0 Å². The largest absolute Gasteiger partial charge is 0.480 e. The van der Waals surface area contributed by atoms with Gasteiger partial charge in [-0.05, 0) is 61.1 Å². The molecule has 1 unspecified atom stereocenters. The van der Waals surface area contributed by atoms with E-state index >= 15 is 0 Å². The Morgan fingerprint density at radius 3 is 2.52 bits per heavy atom. The third-order valence-electron chi connectivity index (χ3n) is 5.69. The van der Waals surface area contributed by atoms with Gasteiger partial charge in [0, 0.05) is 18.0 Å². The number of carbonyl (C=O) groups is 2. The van der Waals surface area contributed by atoms with Crippen molar-refractivity contribution in [3.63, 3.8) is 0 Å². The molecule has 0 bridgehead atoms. The van der Waals surface area contributed by atoms with Crippen LogP contribution in [0.25, 0.3) is 10.9 Å². The van der Waals surface area contributed by atoms with Crippen LogP contribution in [0, 0.1) is 11.8 Å². The van der Waals surface area contributed by atoms with E-state index in [4.69, 9.17) is 0 Å². The summed E-state index contributed by atoms with van der Waals surface area (Å²) in [7, 11) is 0. The molecule has 3 rings (SSSR count). The predicted molar refractivity (Wildman–Crippen MR) is 105 cm³/mol. The quantitative estimate of drug-likeness (QED) is 0.804. The second kappa shape index (κ2) is 8.51. The van der Waals surface area contributed by atoms with Gasteiger partial charge in [-0.3, -0.25) is 9.78 Å². The number of pyridine rings is 1. The number of amides is 1. The number of carbonyl (C=O) groups excluding carboxylic acids is 1. The normalized spacial score (nSPS) is 21.1. The molecule has 1 fully saturated rings. The average molecular weight is 368 g/mol. The minimum Gasteiger partial charge on any atom is -0.480 e. The summed E-state index contributed by atoms with van der Waals surface area (Å²) in [6.45, 7) is 3.62. The Hall–Kier alpha value is -2.43. The average Bonchev–Trinajstić information content (AvgIpc) is 2.66. The van der Waals surface area contributed by atoms with Gasteiger partial charge in [0.25, 0.3) is 0 Å². The fraction of sp³-hybridized carbons (Fsp3) is 0.500. The van der Waals surface area contributed by atoms with Crippen LogP contribution in [0.2, 0.25) is 0 Å². The van der Waals surface area contributed by atoms with E-state index in [1.807, 2.05) is 32.2 Å². The first-order valence-corrected chi connectivity index (χ1v) is 9.81. The van der Waals surface area contributed by atoms with Crippen molar-refractivity contribution in [3.8, 4) is 0 Å². The third-order valence-corrected chi connectivity index (χ3v) is 5.69. The number of nitrogens with zero attached hydrogens (tertiary/aromatic N) is 1. The summed E-state index contributed by atoms with van der Waals surface area (Å²) in [5.74, 6) is -0.404. The molecule has 5 heteroatoms. The number of carboxylic acid groups (broad SMARTS) is 1. The van der Waals surface area contributed by atoms with E-state index in [2.05, 4.69) is 28.5 Å². The first-order valence-electron chi connectivity index (χ1n) is 9.81. The molecule has 2 N–H and O–H groups in total. The molecule has 0 spiro atoms. The van der Waals surface area contributed by atoms with E-state index in [1.54, 1.807) is 0 Å². The Morgan fingerprint density at radius 2 is 1.85 bits per heavy atom.